The first-order valence-corrected chi connectivity index (χ1v) is 12.4. The fourth-order valence-electron chi connectivity index (χ4n) is 3.80. The van der Waals surface area contributed by atoms with Gasteiger partial charge in [-0.25, -0.2) is 14.2 Å². The lowest BCUT2D eigenvalue weighted by atomic mass is 10.2. The number of nitrogen functional groups attached to an aromatic ring is 1. The zero-order chi connectivity index (χ0) is 26.9. The van der Waals surface area contributed by atoms with E-state index in [9.17, 15) is 9.18 Å². The Hall–Kier alpha value is -3.70. The number of fused-ring (bicyclic) bond motifs is 1. The van der Waals surface area contributed by atoms with Crippen LogP contribution >= 0.6 is 11.3 Å². The molecule has 3 aromatic heterocycles. The molecule has 37 heavy (non-hydrogen) atoms. The first-order chi connectivity index (χ1) is 17.5. The number of carbonyl (C=O) groups excluding carboxylic acids is 1. The molecule has 0 spiro atoms. The predicted octanol–water partition coefficient (Wildman–Crippen LogP) is 5.76. The standard InChI is InChI=1S/C26H30FN5O4S/c1-26(2,3)36-25(33)32(5)19(14-34-6)18-13-30-24(31(18)4)22-12-17-23(37-22)21(9-10-29-17)35-20-8-7-15(28)11-16(20)27/h7-13,19H,14,28H2,1-6H3. The van der Waals surface area contributed by atoms with Gasteiger partial charge < -0.3 is 29.4 Å². The van der Waals surface area contributed by atoms with Crippen molar-refractivity contribution in [3.63, 3.8) is 0 Å². The van der Waals surface area contributed by atoms with E-state index in [-0.39, 0.29) is 12.4 Å². The molecule has 0 aliphatic rings. The van der Waals surface area contributed by atoms with Gasteiger partial charge in [0.25, 0.3) is 0 Å². The minimum absolute atomic E-state index is 0.0727. The van der Waals surface area contributed by atoms with E-state index in [1.165, 1.54) is 28.4 Å². The van der Waals surface area contributed by atoms with Gasteiger partial charge in [-0.05, 0) is 39.0 Å². The van der Waals surface area contributed by atoms with Crippen molar-refractivity contribution in [3.8, 4) is 22.2 Å². The Bertz CT molecular complexity index is 1430. The van der Waals surface area contributed by atoms with Gasteiger partial charge in [-0.15, -0.1) is 11.3 Å². The zero-order valence-corrected chi connectivity index (χ0v) is 22.4. The van der Waals surface area contributed by atoms with Gasteiger partial charge in [-0.3, -0.25) is 4.98 Å². The molecule has 196 valence electrons. The van der Waals surface area contributed by atoms with Gasteiger partial charge in [0.1, 0.15) is 17.2 Å². The molecule has 0 aliphatic heterocycles. The number of ether oxygens (including phenoxy) is 3. The van der Waals surface area contributed by atoms with Gasteiger partial charge in [0, 0.05) is 45.2 Å². The average molecular weight is 528 g/mol. The summed E-state index contributed by atoms with van der Waals surface area (Å²) < 4.78 is 33.8. The van der Waals surface area contributed by atoms with Crippen LogP contribution in [0.1, 0.15) is 32.5 Å². The molecule has 4 rings (SSSR count). The Morgan fingerprint density at radius 1 is 1.22 bits per heavy atom. The smallest absolute Gasteiger partial charge is 0.410 e. The lowest BCUT2D eigenvalue weighted by Gasteiger charge is -2.30. The number of nitrogens with zero attached hydrogens (tertiary/aromatic N) is 4. The summed E-state index contributed by atoms with van der Waals surface area (Å²) in [6, 6.07) is 7.46. The van der Waals surface area contributed by atoms with Crippen LogP contribution in [0.5, 0.6) is 11.5 Å². The fraction of sp³-hybridized carbons (Fsp3) is 0.346. The normalized spacial score (nSPS) is 12.5. The highest BCUT2D eigenvalue weighted by Crippen LogP contribution is 2.40. The maximum atomic E-state index is 14.3. The third-order valence-electron chi connectivity index (χ3n) is 5.61. The monoisotopic (exact) mass is 527 g/mol. The van der Waals surface area contributed by atoms with Crippen LogP contribution in [0.4, 0.5) is 14.9 Å². The molecule has 9 nitrogen and oxygen atoms in total. The van der Waals surface area contributed by atoms with Gasteiger partial charge in [-0.1, -0.05) is 0 Å². The quantitative estimate of drug-likeness (QED) is 0.305. The van der Waals surface area contributed by atoms with Gasteiger partial charge in [0.15, 0.2) is 11.6 Å². The third-order valence-corrected chi connectivity index (χ3v) is 6.75. The number of rotatable bonds is 7. The number of halogens is 1. The molecule has 4 aromatic rings. The number of likely N-dealkylation sites (N-methyl/N-ethyl adjacent to an activating group) is 1. The number of benzene rings is 1. The number of pyridine rings is 1. The van der Waals surface area contributed by atoms with Crippen molar-refractivity contribution in [1.82, 2.24) is 19.4 Å². The number of imidazole rings is 1. The van der Waals surface area contributed by atoms with Crippen LogP contribution in [0.3, 0.4) is 0 Å². The summed E-state index contributed by atoms with van der Waals surface area (Å²) in [6.45, 7) is 5.72. The topological polar surface area (TPSA) is 105 Å². The molecule has 0 saturated heterocycles. The van der Waals surface area contributed by atoms with Crippen LogP contribution in [0.2, 0.25) is 0 Å². The zero-order valence-electron chi connectivity index (χ0n) is 21.6. The molecule has 11 heteroatoms. The van der Waals surface area contributed by atoms with E-state index in [4.69, 9.17) is 19.9 Å². The number of methoxy groups -OCH3 is 1. The van der Waals surface area contributed by atoms with E-state index in [1.807, 2.05) is 38.5 Å². The van der Waals surface area contributed by atoms with Crippen molar-refractivity contribution < 1.29 is 23.4 Å². The average Bonchev–Trinajstić information content (AvgIpc) is 3.41. The molecule has 1 aromatic carbocycles. The minimum atomic E-state index is -0.625. The van der Waals surface area contributed by atoms with Gasteiger partial charge in [0.2, 0.25) is 0 Å². The number of carbonyl (C=O) groups is 1. The summed E-state index contributed by atoms with van der Waals surface area (Å²) >= 11 is 1.43. The fourth-order valence-corrected chi connectivity index (χ4v) is 4.90. The van der Waals surface area contributed by atoms with Gasteiger partial charge in [0.05, 0.1) is 39.6 Å². The molecular weight excluding hydrogens is 497 g/mol. The Balaban J connectivity index is 1.67. The number of hydrogen-bond acceptors (Lipinski definition) is 8. The molecule has 0 saturated carbocycles. The highest BCUT2D eigenvalue weighted by Gasteiger charge is 2.29. The van der Waals surface area contributed by atoms with Crippen molar-refractivity contribution in [2.24, 2.45) is 7.05 Å². The lowest BCUT2D eigenvalue weighted by molar-refractivity contribution is 0.0117. The van der Waals surface area contributed by atoms with Crippen LogP contribution in [-0.2, 0) is 16.5 Å². The van der Waals surface area contributed by atoms with Crippen LogP contribution in [0.15, 0.2) is 42.7 Å². The summed E-state index contributed by atoms with van der Waals surface area (Å²) in [6.07, 6.45) is 2.87. The Morgan fingerprint density at radius 2 is 1.97 bits per heavy atom. The SMILES string of the molecule is COCC(c1cnc(-c2cc3nccc(Oc4ccc(N)cc4F)c3s2)n1C)N(C)C(=O)OC(C)(C)C. The number of nitrogens with two attached hydrogens (primary N) is 1. The molecule has 1 amide bonds. The van der Waals surface area contributed by atoms with Crippen molar-refractivity contribution >= 4 is 33.3 Å². The van der Waals surface area contributed by atoms with Crippen LogP contribution in [0, 0.1) is 5.82 Å². The van der Waals surface area contributed by atoms with E-state index in [0.717, 1.165) is 15.3 Å². The lowest BCUT2D eigenvalue weighted by Crippen LogP contribution is -2.38. The second kappa shape index (κ2) is 10.3. The first kappa shape index (κ1) is 26.4. The van der Waals surface area contributed by atoms with Crippen molar-refractivity contribution in [1.29, 1.82) is 0 Å². The Morgan fingerprint density at radius 3 is 2.65 bits per heavy atom. The summed E-state index contributed by atoms with van der Waals surface area (Å²) in [5, 5.41) is 0. The third kappa shape index (κ3) is 5.67. The molecular formula is C26H30FN5O4S. The second-order valence-corrected chi connectivity index (χ2v) is 10.6. The highest BCUT2D eigenvalue weighted by molar-refractivity contribution is 7.22. The summed E-state index contributed by atoms with van der Waals surface area (Å²) in [5.41, 5.74) is 6.81. The molecule has 0 bridgehead atoms. The van der Waals surface area contributed by atoms with Gasteiger partial charge in [-0.2, -0.15) is 0 Å². The Kier molecular flexibility index (Phi) is 7.37. The van der Waals surface area contributed by atoms with Gasteiger partial charge >= 0.3 is 6.09 Å². The number of anilines is 1. The van der Waals surface area contributed by atoms with Crippen molar-refractivity contribution in [3.05, 3.63) is 54.2 Å². The summed E-state index contributed by atoms with van der Waals surface area (Å²) in [5.74, 6) is 0.680. The molecule has 2 N–H and O–H groups in total. The number of amides is 1. The van der Waals surface area contributed by atoms with E-state index in [0.29, 0.717) is 22.8 Å². The molecule has 0 fully saturated rings. The molecule has 1 unspecified atom stereocenters. The molecule has 3 heterocycles. The molecule has 0 radical (unpaired) electrons. The predicted molar refractivity (Wildman–Crippen MR) is 141 cm³/mol. The maximum Gasteiger partial charge on any atom is 0.410 e. The number of thiophene rings is 1. The largest absolute Gasteiger partial charge is 0.453 e. The van der Waals surface area contributed by atoms with Crippen LogP contribution in [-0.4, -0.2) is 51.9 Å². The first-order valence-electron chi connectivity index (χ1n) is 11.6. The van der Waals surface area contributed by atoms with Crippen molar-refractivity contribution in [2.75, 3.05) is 26.5 Å². The minimum Gasteiger partial charge on any atom is -0.453 e. The number of hydrogen-bond donors (Lipinski definition) is 1. The van der Waals surface area contributed by atoms with E-state index in [1.54, 1.807) is 38.7 Å². The van der Waals surface area contributed by atoms with E-state index >= 15 is 0 Å². The summed E-state index contributed by atoms with van der Waals surface area (Å²) in [4.78, 5) is 24.2. The second-order valence-electron chi connectivity index (χ2n) is 9.55. The summed E-state index contributed by atoms with van der Waals surface area (Å²) in [7, 11) is 5.13. The van der Waals surface area contributed by atoms with Crippen LogP contribution < -0.4 is 10.5 Å². The van der Waals surface area contributed by atoms with E-state index in [2.05, 4.69) is 9.97 Å². The maximum absolute atomic E-state index is 14.3. The highest BCUT2D eigenvalue weighted by atomic mass is 32.1. The Labute approximate surface area is 218 Å². The van der Waals surface area contributed by atoms with Crippen LogP contribution in [0.25, 0.3) is 20.9 Å². The molecule has 0 aliphatic carbocycles. The van der Waals surface area contributed by atoms with E-state index < -0.39 is 23.6 Å². The number of aromatic nitrogens is 3. The van der Waals surface area contributed by atoms with Crippen molar-refractivity contribution in [2.45, 2.75) is 32.4 Å². The molecule has 1 atom stereocenters.